The van der Waals surface area contributed by atoms with Crippen molar-refractivity contribution in [2.75, 3.05) is 32.0 Å². The predicted octanol–water partition coefficient (Wildman–Crippen LogP) is 0.820. The van der Waals surface area contributed by atoms with Gasteiger partial charge in [-0.15, -0.1) is 4.40 Å². The molecule has 0 radical (unpaired) electrons. The first-order chi connectivity index (χ1) is 12.4. The molecule has 3 heterocycles. The van der Waals surface area contributed by atoms with Crippen LogP contribution in [0.4, 0.5) is 0 Å². The van der Waals surface area contributed by atoms with Gasteiger partial charge in [0.2, 0.25) is 0 Å². The average molecular weight is 381 g/mol. The van der Waals surface area contributed by atoms with Gasteiger partial charge in [-0.25, -0.2) is 13.2 Å². The quantitative estimate of drug-likeness (QED) is 0.672. The van der Waals surface area contributed by atoms with Crippen molar-refractivity contribution in [3.05, 3.63) is 23.9 Å². The summed E-state index contributed by atoms with van der Waals surface area (Å²) >= 11 is 0. The lowest BCUT2D eigenvalue weighted by Gasteiger charge is -2.27. The molecule has 8 nitrogen and oxygen atoms in total. The summed E-state index contributed by atoms with van der Waals surface area (Å²) in [4.78, 5) is 27.8. The number of amidine groups is 1. The Morgan fingerprint density at radius 2 is 1.73 bits per heavy atom. The fourth-order valence-electron chi connectivity index (χ4n) is 3.12. The number of carbonyl (C=O) groups excluding carboxylic acids is 2. The Bertz CT molecular complexity index is 761. The standard InChI is InChI=1S/C17H23N3O5S/c21-16(19-8-4-2-1-3-5-9-19)13-25-17(22)14-6-7-15-18-26(23,24)11-10-20(15)12-14/h6-7,12H,1-5,8-11,13H2. The van der Waals surface area contributed by atoms with Crippen LogP contribution < -0.4 is 0 Å². The van der Waals surface area contributed by atoms with Gasteiger partial charge in [0.25, 0.3) is 15.9 Å². The zero-order valence-electron chi connectivity index (χ0n) is 14.6. The number of sulfonamides is 1. The van der Waals surface area contributed by atoms with E-state index in [0.717, 1.165) is 25.7 Å². The van der Waals surface area contributed by atoms with E-state index in [2.05, 4.69) is 4.40 Å². The van der Waals surface area contributed by atoms with Crippen LogP contribution in [0.1, 0.15) is 32.1 Å². The lowest BCUT2D eigenvalue weighted by molar-refractivity contribution is -0.148. The molecule has 1 amide bonds. The third kappa shape index (κ3) is 4.72. The van der Waals surface area contributed by atoms with Gasteiger partial charge >= 0.3 is 5.97 Å². The average Bonchev–Trinajstić information content (AvgIpc) is 2.58. The monoisotopic (exact) mass is 381 g/mol. The van der Waals surface area contributed by atoms with Crippen molar-refractivity contribution in [3.63, 3.8) is 0 Å². The van der Waals surface area contributed by atoms with E-state index >= 15 is 0 Å². The van der Waals surface area contributed by atoms with Crippen LogP contribution in [0.3, 0.4) is 0 Å². The van der Waals surface area contributed by atoms with Gasteiger partial charge in [-0.05, 0) is 25.0 Å². The van der Waals surface area contributed by atoms with E-state index in [1.807, 2.05) is 0 Å². The van der Waals surface area contributed by atoms with E-state index < -0.39 is 16.0 Å². The molecule has 0 aromatic heterocycles. The second kappa shape index (κ2) is 8.03. The van der Waals surface area contributed by atoms with Crippen molar-refractivity contribution in [1.29, 1.82) is 0 Å². The molecule has 0 atom stereocenters. The van der Waals surface area contributed by atoms with Gasteiger partial charge in [0.1, 0.15) is 5.84 Å². The van der Waals surface area contributed by atoms with E-state index in [-0.39, 0.29) is 36.2 Å². The maximum Gasteiger partial charge on any atom is 0.340 e. The third-order valence-corrected chi connectivity index (χ3v) is 5.76. The molecule has 1 saturated heterocycles. The molecule has 3 aliphatic rings. The van der Waals surface area contributed by atoms with Crippen LogP contribution in [-0.2, 0) is 24.3 Å². The highest BCUT2D eigenvalue weighted by atomic mass is 32.2. The Hall–Kier alpha value is -2.16. The highest BCUT2D eigenvalue weighted by Crippen LogP contribution is 2.17. The van der Waals surface area contributed by atoms with Crippen LogP contribution in [0.2, 0.25) is 0 Å². The summed E-state index contributed by atoms with van der Waals surface area (Å²) in [5.74, 6) is -0.595. The van der Waals surface area contributed by atoms with Gasteiger partial charge in [0.15, 0.2) is 6.61 Å². The second-order valence-electron chi connectivity index (χ2n) is 6.57. The molecule has 3 rings (SSSR count). The second-order valence-corrected chi connectivity index (χ2v) is 8.33. The van der Waals surface area contributed by atoms with Crippen molar-refractivity contribution < 1.29 is 22.7 Å². The fourth-order valence-corrected chi connectivity index (χ4v) is 4.09. The largest absolute Gasteiger partial charge is 0.452 e. The van der Waals surface area contributed by atoms with Crippen molar-refractivity contribution in [1.82, 2.24) is 9.80 Å². The van der Waals surface area contributed by atoms with Crippen LogP contribution in [0.25, 0.3) is 0 Å². The third-order valence-electron chi connectivity index (χ3n) is 4.60. The van der Waals surface area contributed by atoms with Gasteiger partial charge in [-0.3, -0.25) is 4.79 Å². The molecule has 0 saturated carbocycles. The number of esters is 1. The topological polar surface area (TPSA) is 96.4 Å². The zero-order chi connectivity index (χ0) is 18.6. The predicted molar refractivity (Wildman–Crippen MR) is 95.8 cm³/mol. The van der Waals surface area contributed by atoms with E-state index in [1.165, 1.54) is 24.8 Å². The normalized spacial score (nSPS) is 22.5. The number of hydrogen-bond donors (Lipinski definition) is 0. The van der Waals surface area contributed by atoms with E-state index in [1.54, 1.807) is 9.80 Å². The molecule has 0 aromatic carbocycles. The van der Waals surface area contributed by atoms with Gasteiger partial charge in [-0.2, -0.15) is 0 Å². The lowest BCUT2D eigenvalue weighted by Crippen LogP contribution is -2.38. The summed E-state index contributed by atoms with van der Waals surface area (Å²) in [5.41, 5.74) is 0.267. The summed E-state index contributed by atoms with van der Waals surface area (Å²) < 4.78 is 31.8. The minimum absolute atomic E-state index is 0.101. The smallest absolute Gasteiger partial charge is 0.340 e. The molecule has 0 bridgehead atoms. The zero-order valence-corrected chi connectivity index (χ0v) is 15.4. The fraction of sp³-hybridized carbons (Fsp3) is 0.588. The van der Waals surface area contributed by atoms with Crippen molar-refractivity contribution in [2.45, 2.75) is 32.1 Å². The molecule has 0 aromatic rings. The highest BCUT2D eigenvalue weighted by molar-refractivity contribution is 7.90. The maximum atomic E-state index is 12.3. The highest BCUT2D eigenvalue weighted by Gasteiger charge is 2.26. The van der Waals surface area contributed by atoms with E-state index in [0.29, 0.717) is 13.1 Å². The minimum Gasteiger partial charge on any atom is -0.452 e. The van der Waals surface area contributed by atoms with Crippen molar-refractivity contribution in [2.24, 2.45) is 4.40 Å². The Kier molecular flexibility index (Phi) is 5.75. The minimum atomic E-state index is -3.43. The SMILES string of the molecule is O=C(OCC(=O)N1CCCCCCC1)C1=CN2CCS(=O)(=O)N=C2C=C1. The Morgan fingerprint density at radius 1 is 1.04 bits per heavy atom. The molecule has 1 fully saturated rings. The number of carbonyl (C=O) groups is 2. The molecule has 0 unspecified atom stereocenters. The molecule has 9 heteroatoms. The molecule has 0 spiro atoms. The number of rotatable bonds is 3. The first-order valence-electron chi connectivity index (χ1n) is 8.89. The number of nitrogens with zero attached hydrogens (tertiary/aromatic N) is 3. The molecule has 3 aliphatic heterocycles. The summed E-state index contributed by atoms with van der Waals surface area (Å²) in [5, 5.41) is 0. The van der Waals surface area contributed by atoms with Crippen LogP contribution in [0.15, 0.2) is 28.3 Å². The number of hydrogen-bond acceptors (Lipinski definition) is 6. The Labute approximate surface area is 153 Å². The summed E-state index contributed by atoms with van der Waals surface area (Å²) in [7, 11) is -3.43. The number of ether oxygens (including phenoxy) is 1. The van der Waals surface area contributed by atoms with Crippen molar-refractivity contribution in [3.8, 4) is 0 Å². The molecular formula is C17H23N3O5S. The summed E-state index contributed by atoms with van der Waals surface area (Å²) in [6, 6.07) is 0. The van der Waals surface area contributed by atoms with Crippen LogP contribution in [0, 0.1) is 0 Å². The van der Waals surface area contributed by atoms with Crippen molar-refractivity contribution >= 4 is 27.7 Å². The molecular weight excluding hydrogens is 358 g/mol. The number of likely N-dealkylation sites (tertiary alicyclic amines) is 1. The van der Waals surface area contributed by atoms with E-state index in [9.17, 15) is 18.0 Å². The van der Waals surface area contributed by atoms with Crippen LogP contribution in [0.5, 0.6) is 0 Å². The lowest BCUT2D eigenvalue weighted by atomic mass is 10.1. The van der Waals surface area contributed by atoms with Gasteiger partial charge < -0.3 is 14.5 Å². The summed E-state index contributed by atoms with van der Waals surface area (Å²) in [6.07, 6.45) is 9.85. The van der Waals surface area contributed by atoms with Gasteiger partial charge in [-0.1, -0.05) is 19.3 Å². The Morgan fingerprint density at radius 3 is 2.46 bits per heavy atom. The molecule has 0 N–H and O–H groups in total. The first-order valence-corrected chi connectivity index (χ1v) is 10.5. The molecule has 0 aliphatic carbocycles. The first kappa shape index (κ1) is 18.6. The number of fused-ring (bicyclic) bond motifs is 1. The number of amides is 1. The van der Waals surface area contributed by atoms with Gasteiger partial charge in [0, 0.05) is 25.8 Å². The maximum absolute atomic E-state index is 12.3. The molecule has 142 valence electrons. The Balaban J connectivity index is 1.55. The van der Waals surface area contributed by atoms with Crippen LogP contribution in [-0.4, -0.2) is 67.9 Å². The summed E-state index contributed by atoms with van der Waals surface area (Å²) in [6.45, 7) is 1.37. The van der Waals surface area contributed by atoms with Gasteiger partial charge in [0.05, 0.1) is 11.3 Å². The van der Waals surface area contributed by atoms with E-state index in [4.69, 9.17) is 4.74 Å². The van der Waals surface area contributed by atoms with Crippen LogP contribution >= 0.6 is 0 Å². The molecule has 26 heavy (non-hydrogen) atoms.